The summed E-state index contributed by atoms with van der Waals surface area (Å²) in [4.78, 5) is 13.0. The van der Waals surface area contributed by atoms with Gasteiger partial charge in [0, 0.05) is 16.8 Å². The summed E-state index contributed by atoms with van der Waals surface area (Å²) in [6.07, 6.45) is -1.76. The lowest BCUT2D eigenvalue weighted by atomic mass is 9.91. The third-order valence-corrected chi connectivity index (χ3v) is 6.13. The van der Waals surface area contributed by atoms with Crippen LogP contribution >= 0.6 is 0 Å². The van der Waals surface area contributed by atoms with Crippen molar-refractivity contribution in [1.82, 2.24) is 0 Å². The molecule has 0 aliphatic heterocycles. The fraction of sp³-hybridized carbons (Fsp3) is 0.321. The molecule has 3 aromatic carbocycles. The summed E-state index contributed by atoms with van der Waals surface area (Å²) in [5, 5.41) is 2.73. The predicted molar refractivity (Wildman–Crippen MR) is 144 cm³/mol. The van der Waals surface area contributed by atoms with Crippen LogP contribution in [0.1, 0.15) is 49.5 Å². The first-order valence-electron chi connectivity index (χ1n) is 11.9. The Kier molecular flexibility index (Phi) is 8.76. The lowest BCUT2D eigenvalue weighted by Gasteiger charge is -2.19. The molecular formula is C28H31F3N2O4S. The Hall–Kier alpha value is -3.53. The zero-order valence-electron chi connectivity index (χ0n) is 21.6. The van der Waals surface area contributed by atoms with Crippen molar-refractivity contribution in [3.63, 3.8) is 0 Å². The number of anilines is 2. The minimum Gasteiger partial charge on any atom is -0.493 e. The maximum atomic E-state index is 13.0. The third-order valence-electron chi connectivity index (χ3n) is 5.52. The van der Waals surface area contributed by atoms with Crippen LogP contribution in [0.3, 0.4) is 0 Å². The molecule has 0 saturated carbocycles. The highest BCUT2D eigenvalue weighted by atomic mass is 32.2. The molecule has 0 bridgehead atoms. The lowest BCUT2D eigenvalue weighted by molar-refractivity contribution is -0.137. The fourth-order valence-corrected chi connectivity index (χ4v) is 4.28. The van der Waals surface area contributed by atoms with E-state index in [1.165, 1.54) is 18.2 Å². The molecule has 2 N–H and O–H groups in total. The van der Waals surface area contributed by atoms with Gasteiger partial charge in [-0.3, -0.25) is 9.52 Å². The zero-order chi connectivity index (χ0) is 28.1. The minimum absolute atomic E-state index is 0.113. The molecule has 0 unspecified atom stereocenters. The van der Waals surface area contributed by atoms with Crippen LogP contribution in [0, 0.1) is 5.41 Å². The van der Waals surface area contributed by atoms with E-state index in [4.69, 9.17) is 4.74 Å². The number of rotatable bonds is 9. The Morgan fingerprint density at radius 1 is 0.921 bits per heavy atom. The van der Waals surface area contributed by atoms with Crippen LogP contribution < -0.4 is 14.8 Å². The van der Waals surface area contributed by atoms with Gasteiger partial charge in [-0.05, 0) is 72.4 Å². The second kappa shape index (κ2) is 11.5. The number of halogens is 3. The third kappa shape index (κ3) is 8.79. The number of hydrogen-bond acceptors (Lipinski definition) is 4. The highest BCUT2D eigenvalue weighted by molar-refractivity contribution is 7.92. The number of carbonyl (C=O) groups excluding carboxylic acids is 1. The predicted octanol–water partition coefficient (Wildman–Crippen LogP) is 7.20. The standard InChI is InChI=1S/C28H31F3N2O4S/c1-27(2,3)15-6-16-37-25-17-20(11-14-24(25)19-9-12-21(13-10-19)28(29,30)31)26(34)32-22-7-5-8-23(18-22)33-38(4,35)36/h5,7-14,17-18,33H,6,15-16H2,1-4H3,(H,32,34). The van der Waals surface area contributed by atoms with Gasteiger partial charge in [-0.15, -0.1) is 0 Å². The summed E-state index contributed by atoms with van der Waals surface area (Å²) in [7, 11) is -3.48. The first-order valence-corrected chi connectivity index (χ1v) is 13.8. The number of benzene rings is 3. The SMILES string of the molecule is CC(C)(C)CCCOc1cc(C(=O)Nc2cccc(NS(C)(=O)=O)c2)ccc1-c1ccc(C(F)(F)F)cc1. The van der Waals surface area contributed by atoms with Crippen LogP contribution in [0.5, 0.6) is 5.75 Å². The summed E-state index contributed by atoms with van der Waals surface area (Å²) in [6, 6.07) is 15.8. The Balaban J connectivity index is 1.87. The summed E-state index contributed by atoms with van der Waals surface area (Å²) in [5.74, 6) is -0.0844. The van der Waals surface area contributed by atoms with E-state index in [-0.39, 0.29) is 11.0 Å². The van der Waals surface area contributed by atoms with Crippen molar-refractivity contribution in [2.75, 3.05) is 22.9 Å². The first kappa shape index (κ1) is 29.0. The molecule has 0 aliphatic rings. The normalized spacial score (nSPS) is 12.2. The average molecular weight is 549 g/mol. The van der Waals surface area contributed by atoms with E-state index in [0.717, 1.165) is 31.2 Å². The molecule has 0 saturated heterocycles. The van der Waals surface area contributed by atoms with Gasteiger partial charge >= 0.3 is 6.18 Å². The second-order valence-electron chi connectivity index (χ2n) is 10.2. The molecule has 0 fully saturated rings. The Morgan fingerprint density at radius 3 is 2.18 bits per heavy atom. The topological polar surface area (TPSA) is 84.5 Å². The molecule has 0 aliphatic carbocycles. The molecule has 0 aromatic heterocycles. The van der Waals surface area contributed by atoms with Crippen LogP contribution in [0.2, 0.25) is 0 Å². The van der Waals surface area contributed by atoms with Crippen molar-refractivity contribution in [2.45, 2.75) is 39.8 Å². The van der Waals surface area contributed by atoms with E-state index in [2.05, 4.69) is 30.8 Å². The molecule has 3 rings (SSSR count). The number of hydrogen-bond donors (Lipinski definition) is 2. The van der Waals surface area contributed by atoms with Crippen LogP contribution in [0.4, 0.5) is 24.5 Å². The van der Waals surface area contributed by atoms with E-state index in [1.54, 1.807) is 36.4 Å². The van der Waals surface area contributed by atoms with Crippen molar-refractivity contribution >= 4 is 27.3 Å². The molecule has 0 radical (unpaired) electrons. The highest BCUT2D eigenvalue weighted by Gasteiger charge is 2.30. The maximum Gasteiger partial charge on any atom is 0.416 e. The molecule has 0 heterocycles. The van der Waals surface area contributed by atoms with Crippen molar-refractivity contribution < 1.29 is 31.1 Å². The smallest absolute Gasteiger partial charge is 0.416 e. The number of carbonyl (C=O) groups is 1. The molecule has 0 spiro atoms. The van der Waals surface area contributed by atoms with Gasteiger partial charge in [0.1, 0.15) is 5.75 Å². The van der Waals surface area contributed by atoms with Crippen LogP contribution in [-0.4, -0.2) is 27.2 Å². The molecule has 38 heavy (non-hydrogen) atoms. The highest BCUT2D eigenvalue weighted by Crippen LogP contribution is 2.35. The number of amides is 1. The van der Waals surface area contributed by atoms with Crippen molar-refractivity contribution in [3.05, 3.63) is 77.9 Å². The fourth-order valence-electron chi connectivity index (χ4n) is 3.72. The van der Waals surface area contributed by atoms with E-state index in [9.17, 15) is 26.4 Å². The van der Waals surface area contributed by atoms with E-state index in [0.29, 0.717) is 34.9 Å². The first-order chi connectivity index (χ1) is 17.6. The lowest BCUT2D eigenvalue weighted by Crippen LogP contribution is -2.14. The summed E-state index contributed by atoms with van der Waals surface area (Å²) >= 11 is 0. The van der Waals surface area contributed by atoms with Gasteiger partial charge in [0.15, 0.2) is 0 Å². The number of nitrogens with one attached hydrogen (secondary N) is 2. The average Bonchev–Trinajstić information content (AvgIpc) is 2.80. The molecule has 6 nitrogen and oxygen atoms in total. The number of sulfonamides is 1. The van der Waals surface area contributed by atoms with E-state index < -0.39 is 27.7 Å². The molecule has 0 atom stereocenters. The zero-order valence-corrected chi connectivity index (χ0v) is 22.5. The van der Waals surface area contributed by atoms with Gasteiger partial charge in [-0.2, -0.15) is 13.2 Å². The van der Waals surface area contributed by atoms with Crippen molar-refractivity contribution in [3.8, 4) is 16.9 Å². The van der Waals surface area contributed by atoms with Gasteiger partial charge in [0.05, 0.1) is 24.1 Å². The number of alkyl halides is 3. The summed E-state index contributed by atoms with van der Waals surface area (Å²) in [5.41, 5.74) is 1.39. The van der Waals surface area contributed by atoms with Crippen molar-refractivity contribution in [1.29, 1.82) is 0 Å². The van der Waals surface area contributed by atoms with Crippen LogP contribution in [0.25, 0.3) is 11.1 Å². The monoisotopic (exact) mass is 548 g/mol. The Labute approximate surface area is 221 Å². The number of ether oxygens (including phenoxy) is 1. The van der Waals surface area contributed by atoms with Gasteiger partial charge in [-0.25, -0.2) is 8.42 Å². The molecular weight excluding hydrogens is 517 g/mol. The second-order valence-corrected chi connectivity index (χ2v) is 12.0. The van der Waals surface area contributed by atoms with Crippen LogP contribution in [-0.2, 0) is 16.2 Å². The Bertz CT molecular complexity index is 1380. The quantitative estimate of drug-likeness (QED) is 0.277. The van der Waals surface area contributed by atoms with Crippen LogP contribution in [0.15, 0.2) is 66.7 Å². The maximum absolute atomic E-state index is 13.0. The van der Waals surface area contributed by atoms with Gasteiger partial charge < -0.3 is 10.1 Å². The van der Waals surface area contributed by atoms with E-state index in [1.807, 2.05) is 0 Å². The summed E-state index contributed by atoms with van der Waals surface area (Å²) < 4.78 is 70.5. The molecule has 1 amide bonds. The van der Waals surface area contributed by atoms with Gasteiger partial charge in [-0.1, -0.05) is 39.0 Å². The molecule has 3 aromatic rings. The van der Waals surface area contributed by atoms with E-state index >= 15 is 0 Å². The minimum atomic E-state index is -4.44. The van der Waals surface area contributed by atoms with Gasteiger partial charge in [0.2, 0.25) is 10.0 Å². The van der Waals surface area contributed by atoms with Gasteiger partial charge in [0.25, 0.3) is 5.91 Å². The molecule has 10 heteroatoms. The van der Waals surface area contributed by atoms with Crippen molar-refractivity contribution in [2.24, 2.45) is 5.41 Å². The Morgan fingerprint density at radius 2 is 1.58 bits per heavy atom. The summed E-state index contributed by atoms with van der Waals surface area (Å²) in [6.45, 7) is 6.72. The largest absolute Gasteiger partial charge is 0.493 e. The molecule has 204 valence electrons.